The summed E-state index contributed by atoms with van der Waals surface area (Å²) in [5.74, 6) is -1.66. The van der Waals surface area contributed by atoms with Gasteiger partial charge < -0.3 is 10.2 Å². The molecule has 1 aromatic heterocycles. The summed E-state index contributed by atoms with van der Waals surface area (Å²) in [7, 11) is 0. The Hall–Kier alpha value is -2.09. The summed E-state index contributed by atoms with van der Waals surface area (Å²) < 4.78 is 15.7. The number of halogens is 1. The first-order valence-corrected chi connectivity index (χ1v) is 7.34. The van der Waals surface area contributed by atoms with Gasteiger partial charge in [0.15, 0.2) is 11.0 Å². The molecular formula is C13H12FN3O3S. The van der Waals surface area contributed by atoms with Crippen LogP contribution in [-0.2, 0) is 4.79 Å². The van der Waals surface area contributed by atoms with Crippen molar-refractivity contribution in [2.24, 2.45) is 0 Å². The lowest BCUT2D eigenvalue weighted by Crippen LogP contribution is -2.04. The highest BCUT2D eigenvalue weighted by Crippen LogP contribution is 2.42. The summed E-state index contributed by atoms with van der Waals surface area (Å²) >= 11 is 1.04. The average Bonchev–Trinajstić information content (AvgIpc) is 3.18. The van der Waals surface area contributed by atoms with E-state index in [4.69, 9.17) is 5.11 Å². The molecule has 0 atom stereocenters. The van der Waals surface area contributed by atoms with Crippen LogP contribution in [0.25, 0.3) is 11.4 Å². The third-order valence-electron chi connectivity index (χ3n) is 3.12. The molecule has 0 saturated heterocycles. The smallest absolute Gasteiger partial charge is 0.313 e. The molecule has 1 heterocycles. The molecule has 0 unspecified atom stereocenters. The Kier molecular flexibility index (Phi) is 3.54. The van der Waals surface area contributed by atoms with Gasteiger partial charge in [0, 0.05) is 6.04 Å². The molecular weight excluding hydrogens is 297 g/mol. The van der Waals surface area contributed by atoms with Gasteiger partial charge in [0.05, 0.1) is 11.3 Å². The van der Waals surface area contributed by atoms with E-state index in [1.165, 1.54) is 18.2 Å². The summed E-state index contributed by atoms with van der Waals surface area (Å²) in [5.41, 5.74) is -0.000856. The van der Waals surface area contributed by atoms with Crippen LogP contribution < -0.4 is 0 Å². The van der Waals surface area contributed by atoms with Crippen LogP contribution >= 0.6 is 11.8 Å². The highest BCUT2D eigenvalue weighted by Gasteiger charge is 2.32. The van der Waals surface area contributed by atoms with E-state index in [0.29, 0.717) is 5.16 Å². The minimum Gasteiger partial charge on any atom is -0.507 e. The van der Waals surface area contributed by atoms with Crippen LogP contribution in [0, 0.1) is 5.82 Å². The molecule has 1 aromatic carbocycles. The van der Waals surface area contributed by atoms with Crippen LogP contribution in [0.2, 0.25) is 0 Å². The maximum absolute atomic E-state index is 14.0. The van der Waals surface area contributed by atoms with E-state index < -0.39 is 11.8 Å². The second kappa shape index (κ2) is 5.36. The van der Waals surface area contributed by atoms with E-state index in [1.54, 1.807) is 4.57 Å². The molecule has 1 fully saturated rings. The van der Waals surface area contributed by atoms with Crippen molar-refractivity contribution in [1.29, 1.82) is 0 Å². The molecule has 2 N–H and O–H groups in total. The minimum atomic E-state index is -0.958. The number of aromatic nitrogens is 3. The number of thioether (sulfide) groups is 1. The summed E-state index contributed by atoms with van der Waals surface area (Å²) in [6.45, 7) is 0. The first-order valence-electron chi connectivity index (χ1n) is 6.35. The van der Waals surface area contributed by atoms with Crippen LogP contribution in [0.4, 0.5) is 4.39 Å². The van der Waals surface area contributed by atoms with Gasteiger partial charge in [0.1, 0.15) is 11.6 Å². The number of aliphatic carboxylic acids is 1. The van der Waals surface area contributed by atoms with Gasteiger partial charge in [-0.15, -0.1) is 10.2 Å². The number of rotatable bonds is 5. The van der Waals surface area contributed by atoms with Crippen molar-refractivity contribution in [2.45, 2.75) is 24.0 Å². The number of phenolic OH excluding ortho intramolecular Hbond substituents is 1. The average molecular weight is 309 g/mol. The van der Waals surface area contributed by atoms with Gasteiger partial charge in [-0.2, -0.15) is 0 Å². The fraction of sp³-hybridized carbons (Fsp3) is 0.308. The molecule has 2 aromatic rings. The van der Waals surface area contributed by atoms with Gasteiger partial charge in [-0.3, -0.25) is 9.36 Å². The number of carboxylic acids is 1. The Labute approximate surface area is 123 Å². The van der Waals surface area contributed by atoms with Gasteiger partial charge in [-0.1, -0.05) is 17.8 Å². The van der Waals surface area contributed by atoms with Crippen molar-refractivity contribution in [3.05, 3.63) is 24.0 Å². The lowest BCUT2D eigenvalue weighted by atomic mass is 10.1. The highest BCUT2D eigenvalue weighted by molar-refractivity contribution is 7.99. The van der Waals surface area contributed by atoms with E-state index >= 15 is 0 Å². The fourth-order valence-electron chi connectivity index (χ4n) is 2.07. The van der Waals surface area contributed by atoms with E-state index in [9.17, 15) is 14.3 Å². The molecule has 0 bridgehead atoms. The molecule has 110 valence electrons. The maximum Gasteiger partial charge on any atom is 0.313 e. The Morgan fingerprint density at radius 2 is 2.19 bits per heavy atom. The van der Waals surface area contributed by atoms with Crippen LogP contribution in [-0.4, -0.2) is 36.7 Å². The quantitative estimate of drug-likeness (QED) is 0.824. The summed E-state index contributed by atoms with van der Waals surface area (Å²) in [5, 5.41) is 26.9. The van der Waals surface area contributed by atoms with Crippen molar-refractivity contribution in [2.75, 3.05) is 5.75 Å². The minimum absolute atomic E-state index is 0.000856. The summed E-state index contributed by atoms with van der Waals surface area (Å²) in [6, 6.07) is 4.16. The Morgan fingerprint density at radius 3 is 2.81 bits per heavy atom. The van der Waals surface area contributed by atoms with Crippen molar-refractivity contribution >= 4 is 17.7 Å². The Balaban J connectivity index is 2.05. The first-order chi connectivity index (χ1) is 10.1. The van der Waals surface area contributed by atoms with E-state index in [-0.39, 0.29) is 28.9 Å². The number of carbonyl (C=O) groups is 1. The van der Waals surface area contributed by atoms with Gasteiger partial charge in [-0.05, 0) is 25.0 Å². The molecule has 0 amide bonds. The van der Waals surface area contributed by atoms with Crippen LogP contribution in [0.5, 0.6) is 5.75 Å². The Morgan fingerprint density at radius 1 is 1.43 bits per heavy atom. The fourth-order valence-corrected chi connectivity index (χ4v) is 2.79. The van der Waals surface area contributed by atoms with Gasteiger partial charge in [-0.25, -0.2) is 4.39 Å². The second-order valence-corrected chi connectivity index (χ2v) is 5.67. The normalized spacial score (nSPS) is 14.3. The molecule has 21 heavy (non-hydrogen) atoms. The highest BCUT2D eigenvalue weighted by atomic mass is 32.2. The van der Waals surface area contributed by atoms with Gasteiger partial charge in [0.25, 0.3) is 0 Å². The number of benzene rings is 1. The standard InChI is InChI=1S/C13H12FN3O3S/c14-8-2-1-3-9(18)11(8)12-15-16-13(21-6-10(19)20)17(12)7-4-5-7/h1-3,7,18H,4-6H2,(H,19,20). The number of nitrogens with zero attached hydrogens (tertiary/aromatic N) is 3. The maximum atomic E-state index is 14.0. The second-order valence-electron chi connectivity index (χ2n) is 4.72. The van der Waals surface area contributed by atoms with Crippen molar-refractivity contribution in [1.82, 2.24) is 14.8 Å². The monoisotopic (exact) mass is 309 g/mol. The van der Waals surface area contributed by atoms with Crippen molar-refractivity contribution in [3.63, 3.8) is 0 Å². The van der Waals surface area contributed by atoms with E-state index in [2.05, 4.69) is 10.2 Å². The predicted molar refractivity (Wildman–Crippen MR) is 73.7 cm³/mol. The van der Waals surface area contributed by atoms with E-state index in [0.717, 1.165) is 24.6 Å². The zero-order valence-corrected chi connectivity index (χ0v) is 11.7. The molecule has 0 radical (unpaired) electrons. The number of hydrogen-bond acceptors (Lipinski definition) is 5. The zero-order valence-electron chi connectivity index (χ0n) is 10.9. The topological polar surface area (TPSA) is 88.2 Å². The molecule has 0 spiro atoms. The molecule has 1 aliphatic carbocycles. The van der Waals surface area contributed by atoms with E-state index in [1.807, 2.05) is 0 Å². The van der Waals surface area contributed by atoms with Crippen LogP contribution in [0.3, 0.4) is 0 Å². The van der Waals surface area contributed by atoms with Crippen LogP contribution in [0.1, 0.15) is 18.9 Å². The molecule has 6 nitrogen and oxygen atoms in total. The largest absolute Gasteiger partial charge is 0.507 e. The lowest BCUT2D eigenvalue weighted by molar-refractivity contribution is -0.133. The number of aromatic hydroxyl groups is 1. The van der Waals surface area contributed by atoms with Crippen molar-refractivity contribution < 1.29 is 19.4 Å². The third kappa shape index (κ3) is 2.71. The zero-order chi connectivity index (χ0) is 15.0. The van der Waals surface area contributed by atoms with Crippen molar-refractivity contribution in [3.8, 4) is 17.1 Å². The van der Waals surface area contributed by atoms with Crippen LogP contribution in [0.15, 0.2) is 23.4 Å². The van der Waals surface area contributed by atoms with Gasteiger partial charge >= 0.3 is 5.97 Å². The molecule has 3 rings (SSSR count). The number of phenols is 1. The first kappa shape index (κ1) is 13.9. The molecule has 1 aliphatic rings. The molecule has 0 aliphatic heterocycles. The predicted octanol–water partition coefficient (Wildman–Crippen LogP) is 2.30. The molecule has 8 heteroatoms. The number of hydrogen-bond donors (Lipinski definition) is 2. The summed E-state index contributed by atoms with van der Waals surface area (Å²) in [4.78, 5) is 10.7. The molecule has 1 saturated carbocycles. The number of carboxylic acid groups (broad SMARTS) is 1. The summed E-state index contributed by atoms with van der Waals surface area (Å²) in [6.07, 6.45) is 1.81. The third-order valence-corrected chi connectivity index (χ3v) is 4.04. The van der Waals surface area contributed by atoms with Gasteiger partial charge in [0.2, 0.25) is 0 Å². The lowest BCUT2D eigenvalue weighted by Gasteiger charge is -2.09. The SMILES string of the molecule is O=C(O)CSc1nnc(-c2c(O)cccc2F)n1C1CC1. The Bertz CT molecular complexity index is 680.